The van der Waals surface area contributed by atoms with Gasteiger partial charge in [-0.2, -0.15) is 0 Å². The van der Waals surface area contributed by atoms with Crippen LogP contribution < -0.4 is 30.2 Å². The number of para-hydroxylation sites is 2. The molecule has 310 valence electrons. The van der Waals surface area contributed by atoms with Gasteiger partial charge in [0.05, 0.1) is 0 Å². The first-order chi connectivity index (χ1) is 30.8. The first-order valence-corrected chi connectivity index (χ1v) is 28.9. The fraction of sp³-hybridized carbons (Fsp3) is 0.167. The summed E-state index contributed by atoms with van der Waals surface area (Å²) in [5.74, 6) is 4.16. The molecule has 4 aliphatic rings. The molecule has 2 aliphatic heterocycles. The second kappa shape index (κ2) is 12.6. The number of hydrogen-bond donors (Lipinski definition) is 0. The highest BCUT2D eigenvalue weighted by molar-refractivity contribution is 7.02. The zero-order valence-electron chi connectivity index (χ0n) is 37.8. The van der Waals surface area contributed by atoms with E-state index in [9.17, 15) is 0 Å². The Balaban J connectivity index is 0.978. The van der Waals surface area contributed by atoms with Crippen molar-refractivity contribution in [1.82, 2.24) is 0 Å². The molecule has 0 saturated heterocycles. The average molecular weight is 859 g/mol. The first-order valence-electron chi connectivity index (χ1n) is 22.9. The summed E-state index contributed by atoms with van der Waals surface area (Å²) in [5, 5.41) is 10.6. The standard InChI is InChI=1S/C60H50O2Si2/c1-59(2)43-29-31-51-57(61-47-21-13-15-23-49(47)63(51,5)6)55(43)41-27-25-35(33-45(41)59)53-37-17-9-11-19-39(37)54(40-20-12-10-18-38(40)53)36-26-28-42-46(34-36)60(3,4)44-30-32-52-58(56(42)44)62-48-22-14-16-24-50(48)64(52,7)8/h9-34H,1-8H3. The molecule has 0 bridgehead atoms. The molecule has 9 aromatic carbocycles. The summed E-state index contributed by atoms with van der Waals surface area (Å²) in [6.45, 7) is 19.4. The van der Waals surface area contributed by atoms with Gasteiger partial charge in [-0.1, -0.05) is 187 Å². The lowest BCUT2D eigenvalue weighted by molar-refractivity contribution is 0.487. The topological polar surface area (TPSA) is 18.5 Å². The monoisotopic (exact) mass is 858 g/mol. The average Bonchev–Trinajstić information content (AvgIpc) is 3.67. The van der Waals surface area contributed by atoms with Crippen LogP contribution >= 0.6 is 0 Å². The predicted molar refractivity (Wildman–Crippen MR) is 274 cm³/mol. The van der Waals surface area contributed by atoms with E-state index in [0.29, 0.717) is 0 Å². The minimum absolute atomic E-state index is 0.201. The van der Waals surface area contributed by atoms with Crippen LogP contribution in [-0.4, -0.2) is 16.1 Å². The molecule has 9 aromatic rings. The number of rotatable bonds is 2. The van der Waals surface area contributed by atoms with Gasteiger partial charge >= 0.3 is 0 Å². The van der Waals surface area contributed by atoms with Crippen molar-refractivity contribution < 1.29 is 9.47 Å². The summed E-state index contributed by atoms with van der Waals surface area (Å²) in [4.78, 5) is 0. The van der Waals surface area contributed by atoms with Crippen molar-refractivity contribution >= 4 is 58.4 Å². The Morgan fingerprint density at radius 1 is 0.344 bits per heavy atom. The zero-order chi connectivity index (χ0) is 43.7. The number of ether oxygens (including phenoxy) is 2. The zero-order valence-corrected chi connectivity index (χ0v) is 39.8. The lowest BCUT2D eigenvalue weighted by Crippen LogP contribution is -2.56. The Kier molecular flexibility index (Phi) is 7.50. The van der Waals surface area contributed by atoms with Crippen molar-refractivity contribution in [2.75, 3.05) is 0 Å². The summed E-state index contributed by atoms with van der Waals surface area (Å²) in [6.07, 6.45) is 0. The third-order valence-corrected chi connectivity index (χ3v) is 23.0. The summed E-state index contributed by atoms with van der Waals surface area (Å²) < 4.78 is 13.9. The molecule has 2 aliphatic carbocycles. The molecule has 0 saturated carbocycles. The van der Waals surface area contributed by atoms with Crippen molar-refractivity contribution in [2.45, 2.75) is 64.7 Å². The second-order valence-corrected chi connectivity index (χ2v) is 29.4. The van der Waals surface area contributed by atoms with Gasteiger partial charge in [-0.3, -0.25) is 0 Å². The van der Waals surface area contributed by atoms with Gasteiger partial charge in [0.25, 0.3) is 0 Å². The van der Waals surface area contributed by atoms with E-state index in [2.05, 4.69) is 212 Å². The van der Waals surface area contributed by atoms with Gasteiger partial charge in [0, 0.05) is 22.0 Å². The maximum atomic E-state index is 6.93. The van der Waals surface area contributed by atoms with Gasteiger partial charge in [-0.05, 0) is 122 Å². The van der Waals surface area contributed by atoms with Gasteiger partial charge in [-0.15, -0.1) is 0 Å². The largest absolute Gasteiger partial charge is 0.457 e. The van der Waals surface area contributed by atoms with Crippen LogP contribution in [0.3, 0.4) is 0 Å². The van der Waals surface area contributed by atoms with Crippen LogP contribution in [0.4, 0.5) is 0 Å². The molecule has 4 heteroatoms. The van der Waals surface area contributed by atoms with Gasteiger partial charge < -0.3 is 9.47 Å². The van der Waals surface area contributed by atoms with Crippen LogP contribution in [-0.2, 0) is 10.8 Å². The van der Waals surface area contributed by atoms with E-state index >= 15 is 0 Å². The SMILES string of the molecule is CC1(C)c2cc(-c3c4ccccc4c(-c4ccc5c(c4)C(C)(C)c4ccc6c(c4-5)Oc4ccccc4[Si]6(C)C)c4ccccc34)ccc2-c2c1ccc1c2Oc2ccccc2[Si]1(C)C. The van der Waals surface area contributed by atoms with Gasteiger partial charge in [-0.25, -0.2) is 0 Å². The molecular weight excluding hydrogens is 809 g/mol. The van der Waals surface area contributed by atoms with Crippen LogP contribution in [0.2, 0.25) is 26.2 Å². The molecule has 0 aromatic heterocycles. The number of hydrogen-bond acceptors (Lipinski definition) is 2. The molecule has 2 heterocycles. The molecule has 0 unspecified atom stereocenters. The Labute approximate surface area is 378 Å². The van der Waals surface area contributed by atoms with E-state index in [4.69, 9.17) is 9.47 Å². The summed E-state index contributed by atoms with van der Waals surface area (Å²) in [7, 11) is -3.97. The quantitative estimate of drug-likeness (QED) is 0.127. The summed E-state index contributed by atoms with van der Waals surface area (Å²) >= 11 is 0. The number of benzene rings is 9. The van der Waals surface area contributed by atoms with Crippen molar-refractivity contribution in [1.29, 1.82) is 0 Å². The molecule has 0 N–H and O–H groups in total. The third-order valence-electron chi connectivity index (χ3n) is 16.0. The minimum atomic E-state index is -1.98. The Morgan fingerprint density at radius 3 is 1.09 bits per heavy atom. The molecular formula is C60H50O2Si2. The van der Waals surface area contributed by atoms with E-state index in [0.717, 1.165) is 23.0 Å². The van der Waals surface area contributed by atoms with E-state index < -0.39 is 16.1 Å². The van der Waals surface area contributed by atoms with Gasteiger partial charge in [0.1, 0.15) is 39.1 Å². The van der Waals surface area contributed by atoms with Crippen LogP contribution in [0.25, 0.3) is 66.1 Å². The molecule has 2 nitrogen and oxygen atoms in total. The first kappa shape index (κ1) is 38.0. The normalized spacial score (nSPS) is 16.9. The minimum Gasteiger partial charge on any atom is -0.457 e. The molecule has 0 spiro atoms. The predicted octanol–water partition coefficient (Wildman–Crippen LogP) is 13.8. The fourth-order valence-electron chi connectivity index (χ4n) is 12.5. The molecule has 64 heavy (non-hydrogen) atoms. The maximum absolute atomic E-state index is 6.93. The van der Waals surface area contributed by atoms with Crippen LogP contribution in [0.1, 0.15) is 49.9 Å². The highest BCUT2D eigenvalue weighted by Crippen LogP contribution is 2.57. The molecule has 13 rings (SSSR count). The molecule has 0 radical (unpaired) electrons. The summed E-state index contributed by atoms with van der Waals surface area (Å²) in [6, 6.07) is 59.6. The Hall–Kier alpha value is -6.47. The fourth-order valence-corrected chi connectivity index (χ4v) is 18.1. The van der Waals surface area contributed by atoms with Crippen molar-refractivity contribution in [3.8, 4) is 67.5 Å². The van der Waals surface area contributed by atoms with E-state index in [1.54, 1.807) is 0 Å². The van der Waals surface area contributed by atoms with Gasteiger partial charge in [0.2, 0.25) is 0 Å². The van der Waals surface area contributed by atoms with Crippen LogP contribution in [0.5, 0.6) is 23.0 Å². The second-order valence-electron chi connectivity index (χ2n) is 20.8. The highest BCUT2D eigenvalue weighted by atomic mass is 28.3. The van der Waals surface area contributed by atoms with Crippen molar-refractivity contribution in [2.24, 2.45) is 0 Å². The third kappa shape index (κ3) is 4.80. The number of fused-ring (bicyclic) bond motifs is 14. The lowest BCUT2D eigenvalue weighted by Gasteiger charge is -2.34. The smallest absolute Gasteiger partial charge is 0.135 e. The van der Waals surface area contributed by atoms with Crippen LogP contribution in [0.15, 0.2) is 158 Å². The Morgan fingerprint density at radius 2 is 0.703 bits per heavy atom. The van der Waals surface area contributed by atoms with E-state index in [1.165, 1.54) is 109 Å². The maximum Gasteiger partial charge on any atom is 0.135 e. The van der Waals surface area contributed by atoms with Crippen molar-refractivity contribution in [3.63, 3.8) is 0 Å². The van der Waals surface area contributed by atoms with E-state index in [-0.39, 0.29) is 10.8 Å². The van der Waals surface area contributed by atoms with Crippen molar-refractivity contribution in [3.05, 3.63) is 180 Å². The lowest BCUT2D eigenvalue weighted by atomic mass is 9.79. The van der Waals surface area contributed by atoms with E-state index in [1.807, 2.05) is 0 Å². The highest BCUT2D eigenvalue weighted by Gasteiger charge is 2.46. The molecule has 0 atom stereocenters. The van der Waals surface area contributed by atoms with Gasteiger partial charge in [0.15, 0.2) is 0 Å². The Bertz CT molecular complexity index is 3280. The van der Waals surface area contributed by atoms with Crippen LogP contribution in [0, 0.1) is 0 Å². The summed E-state index contributed by atoms with van der Waals surface area (Å²) in [5.41, 5.74) is 15.2. The molecule has 0 amide bonds. The molecule has 0 fully saturated rings.